The molecule has 1 heterocycles. The lowest BCUT2D eigenvalue weighted by Gasteiger charge is -2.41. The summed E-state index contributed by atoms with van der Waals surface area (Å²) in [5.41, 5.74) is 1.39. The van der Waals surface area contributed by atoms with Gasteiger partial charge in [0.15, 0.2) is 0 Å². The molecule has 1 aliphatic rings. The summed E-state index contributed by atoms with van der Waals surface area (Å²) in [6.45, 7) is 9.91. The summed E-state index contributed by atoms with van der Waals surface area (Å²) in [7, 11) is 1.81. The van der Waals surface area contributed by atoms with Gasteiger partial charge in [0.05, 0.1) is 5.60 Å². The molecule has 2 atom stereocenters. The number of methoxy groups -OCH3 is 1. The minimum Gasteiger partial charge on any atom is -0.379 e. The molecule has 1 aromatic rings. The van der Waals surface area contributed by atoms with Crippen molar-refractivity contribution in [3.63, 3.8) is 0 Å². The van der Waals surface area contributed by atoms with Gasteiger partial charge in [0.2, 0.25) is 0 Å². The topological polar surface area (TPSA) is 24.5 Å². The van der Waals surface area contributed by atoms with Crippen molar-refractivity contribution in [2.75, 3.05) is 26.7 Å². The van der Waals surface area contributed by atoms with Gasteiger partial charge in [0, 0.05) is 38.8 Å². The smallest absolute Gasteiger partial charge is 0.0634 e. The number of nitrogens with one attached hydrogen (secondary N) is 1. The zero-order valence-corrected chi connectivity index (χ0v) is 13.9. The van der Waals surface area contributed by atoms with Crippen LogP contribution in [0.3, 0.4) is 0 Å². The van der Waals surface area contributed by atoms with Crippen LogP contribution in [0, 0.1) is 0 Å². The van der Waals surface area contributed by atoms with E-state index < -0.39 is 0 Å². The second kappa shape index (κ2) is 7.39. The van der Waals surface area contributed by atoms with Gasteiger partial charge in [-0.3, -0.25) is 4.90 Å². The van der Waals surface area contributed by atoms with Gasteiger partial charge < -0.3 is 10.1 Å². The third-order valence-corrected chi connectivity index (χ3v) is 4.59. The van der Waals surface area contributed by atoms with Crippen molar-refractivity contribution in [1.82, 2.24) is 10.2 Å². The lowest BCUT2D eigenvalue weighted by Crippen LogP contribution is -2.56. The maximum atomic E-state index is 5.57. The zero-order valence-electron chi connectivity index (χ0n) is 13.9. The summed E-state index contributed by atoms with van der Waals surface area (Å²) in [4.78, 5) is 2.63. The van der Waals surface area contributed by atoms with E-state index >= 15 is 0 Å². The largest absolute Gasteiger partial charge is 0.379 e. The van der Waals surface area contributed by atoms with Gasteiger partial charge in [0.1, 0.15) is 0 Å². The van der Waals surface area contributed by atoms with E-state index in [0.717, 1.165) is 32.5 Å². The van der Waals surface area contributed by atoms with Gasteiger partial charge in [-0.05, 0) is 39.2 Å². The third kappa shape index (κ3) is 5.10. The Kier molecular flexibility index (Phi) is 5.80. The van der Waals surface area contributed by atoms with Crippen LogP contribution in [0.25, 0.3) is 0 Å². The number of nitrogens with zero attached hydrogens (tertiary/aromatic N) is 1. The number of piperazine rings is 1. The number of benzene rings is 1. The molecule has 0 spiro atoms. The van der Waals surface area contributed by atoms with E-state index in [1.54, 1.807) is 0 Å². The fourth-order valence-electron chi connectivity index (χ4n) is 2.91. The normalized spacial score (nSPS) is 24.2. The van der Waals surface area contributed by atoms with Crippen molar-refractivity contribution < 1.29 is 4.74 Å². The van der Waals surface area contributed by atoms with Crippen LogP contribution >= 0.6 is 0 Å². The van der Waals surface area contributed by atoms with Crippen LogP contribution in [-0.4, -0.2) is 49.3 Å². The van der Waals surface area contributed by atoms with Crippen LogP contribution in [0.15, 0.2) is 30.3 Å². The van der Waals surface area contributed by atoms with Gasteiger partial charge in [0.25, 0.3) is 0 Å². The van der Waals surface area contributed by atoms with E-state index in [1.807, 2.05) is 7.11 Å². The van der Waals surface area contributed by atoms with Gasteiger partial charge in [-0.1, -0.05) is 30.3 Å². The number of hydrogen-bond acceptors (Lipinski definition) is 3. The number of hydrogen-bond donors (Lipinski definition) is 1. The third-order valence-electron chi connectivity index (χ3n) is 4.59. The molecule has 0 radical (unpaired) electrons. The molecule has 118 valence electrons. The Balaban J connectivity index is 1.96. The van der Waals surface area contributed by atoms with Crippen molar-refractivity contribution in [3.8, 4) is 0 Å². The molecule has 0 aliphatic carbocycles. The summed E-state index contributed by atoms with van der Waals surface area (Å²) < 4.78 is 5.57. The monoisotopic (exact) mass is 290 g/mol. The van der Waals surface area contributed by atoms with Gasteiger partial charge >= 0.3 is 0 Å². The number of ether oxygens (including phenoxy) is 1. The molecule has 2 rings (SSSR count). The number of rotatable bonds is 6. The van der Waals surface area contributed by atoms with E-state index in [2.05, 4.69) is 61.3 Å². The first-order valence-electron chi connectivity index (χ1n) is 8.07. The predicted octanol–water partition coefficient (Wildman–Crippen LogP) is 2.71. The van der Waals surface area contributed by atoms with Crippen LogP contribution in [-0.2, 0) is 11.2 Å². The maximum Gasteiger partial charge on any atom is 0.0634 e. The van der Waals surface area contributed by atoms with Crippen molar-refractivity contribution in [2.24, 2.45) is 0 Å². The molecular weight excluding hydrogens is 260 g/mol. The Morgan fingerprint density at radius 2 is 2.00 bits per heavy atom. The molecule has 3 heteroatoms. The summed E-state index contributed by atoms with van der Waals surface area (Å²) in [5, 5.41) is 3.62. The first-order valence-corrected chi connectivity index (χ1v) is 8.07. The average molecular weight is 290 g/mol. The SMILES string of the molecule is COC(C)(C)CCN1CC(C)NCC1Cc1ccccc1. The van der Waals surface area contributed by atoms with Crippen molar-refractivity contribution in [1.29, 1.82) is 0 Å². The van der Waals surface area contributed by atoms with E-state index in [1.165, 1.54) is 5.56 Å². The molecule has 1 aliphatic heterocycles. The fraction of sp³-hybridized carbons (Fsp3) is 0.667. The standard InChI is InChI=1S/C18H30N2O/c1-15-14-20(11-10-18(2,3)21-4)17(13-19-15)12-16-8-6-5-7-9-16/h5-9,15,17,19H,10-14H2,1-4H3. The highest BCUT2D eigenvalue weighted by Crippen LogP contribution is 2.18. The molecule has 2 unspecified atom stereocenters. The maximum absolute atomic E-state index is 5.57. The highest BCUT2D eigenvalue weighted by Gasteiger charge is 2.27. The van der Waals surface area contributed by atoms with E-state index in [4.69, 9.17) is 4.74 Å². The fourth-order valence-corrected chi connectivity index (χ4v) is 2.91. The predicted molar refractivity (Wildman–Crippen MR) is 88.7 cm³/mol. The molecule has 1 saturated heterocycles. The quantitative estimate of drug-likeness (QED) is 0.872. The first-order chi connectivity index (χ1) is 10.00. The molecule has 1 N–H and O–H groups in total. The Hall–Kier alpha value is -0.900. The lowest BCUT2D eigenvalue weighted by atomic mass is 9.99. The Bertz CT molecular complexity index is 418. The van der Waals surface area contributed by atoms with Crippen LogP contribution < -0.4 is 5.32 Å². The van der Waals surface area contributed by atoms with Crippen LogP contribution in [0.5, 0.6) is 0 Å². The first kappa shape index (κ1) is 16.5. The van der Waals surface area contributed by atoms with Gasteiger partial charge in [-0.25, -0.2) is 0 Å². The van der Waals surface area contributed by atoms with Crippen molar-refractivity contribution >= 4 is 0 Å². The summed E-state index contributed by atoms with van der Waals surface area (Å²) in [6, 6.07) is 12.0. The summed E-state index contributed by atoms with van der Waals surface area (Å²) >= 11 is 0. The molecule has 0 bridgehead atoms. The molecule has 1 aromatic carbocycles. The minimum atomic E-state index is -0.0363. The molecule has 1 fully saturated rings. The van der Waals surface area contributed by atoms with Crippen LogP contribution in [0.4, 0.5) is 0 Å². The minimum absolute atomic E-state index is 0.0363. The Morgan fingerprint density at radius 1 is 1.29 bits per heavy atom. The second-order valence-electron chi connectivity index (χ2n) is 6.86. The molecule has 0 amide bonds. The Labute approximate surface area is 129 Å². The van der Waals surface area contributed by atoms with E-state index in [9.17, 15) is 0 Å². The average Bonchev–Trinajstić information content (AvgIpc) is 2.49. The van der Waals surface area contributed by atoms with Gasteiger partial charge in [-0.2, -0.15) is 0 Å². The highest BCUT2D eigenvalue weighted by atomic mass is 16.5. The second-order valence-corrected chi connectivity index (χ2v) is 6.86. The molecule has 0 aromatic heterocycles. The van der Waals surface area contributed by atoms with Crippen LogP contribution in [0.1, 0.15) is 32.8 Å². The summed E-state index contributed by atoms with van der Waals surface area (Å²) in [5.74, 6) is 0. The lowest BCUT2D eigenvalue weighted by molar-refractivity contribution is 0.000167. The van der Waals surface area contributed by atoms with Crippen molar-refractivity contribution in [2.45, 2.75) is 51.3 Å². The van der Waals surface area contributed by atoms with Crippen molar-refractivity contribution in [3.05, 3.63) is 35.9 Å². The van der Waals surface area contributed by atoms with E-state index in [-0.39, 0.29) is 5.60 Å². The molecular formula is C18H30N2O. The van der Waals surface area contributed by atoms with Gasteiger partial charge in [-0.15, -0.1) is 0 Å². The molecule has 21 heavy (non-hydrogen) atoms. The molecule has 0 saturated carbocycles. The van der Waals surface area contributed by atoms with E-state index in [0.29, 0.717) is 12.1 Å². The summed E-state index contributed by atoms with van der Waals surface area (Å²) in [6.07, 6.45) is 2.19. The zero-order chi connectivity index (χ0) is 15.3. The Morgan fingerprint density at radius 3 is 2.67 bits per heavy atom. The van der Waals surface area contributed by atoms with Crippen LogP contribution in [0.2, 0.25) is 0 Å². The molecule has 3 nitrogen and oxygen atoms in total. The highest BCUT2D eigenvalue weighted by molar-refractivity contribution is 5.16.